The number of carbonyl (C=O) groups is 2. The second-order valence-electron chi connectivity index (χ2n) is 8.45. The molecule has 1 unspecified atom stereocenters. The summed E-state index contributed by atoms with van der Waals surface area (Å²) in [4.78, 5) is 27.4. The van der Waals surface area contributed by atoms with Crippen LogP contribution in [0.4, 0.5) is 5.69 Å². The van der Waals surface area contributed by atoms with Gasteiger partial charge in [-0.2, -0.15) is 0 Å². The zero-order valence-corrected chi connectivity index (χ0v) is 20.3. The van der Waals surface area contributed by atoms with Crippen LogP contribution in [-0.4, -0.2) is 42.6 Å². The first kappa shape index (κ1) is 25.2. The van der Waals surface area contributed by atoms with Gasteiger partial charge in [0.2, 0.25) is 5.91 Å². The van der Waals surface area contributed by atoms with E-state index in [1.807, 2.05) is 41.3 Å². The molecule has 1 aromatic rings. The second-order valence-corrected chi connectivity index (χ2v) is 8.45. The van der Waals surface area contributed by atoms with Gasteiger partial charge < -0.3 is 20.8 Å². The van der Waals surface area contributed by atoms with Crippen molar-refractivity contribution in [3.05, 3.63) is 52.6 Å². The highest BCUT2D eigenvalue weighted by atomic mass is 16.5. The lowest BCUT2D eigenvalue weighted by Crippen LogP contribution is -2.34. The summed E-state index contributed by atoms with van der Waals surface area (Å²) >= 11 is 0. The molecule has 3 rings (SSSR count). The molecule has 0 fully saturated rings. The van der Waals surface area contributed by atoms with E-state index in [2.05, 4.69) is 29.5 Å². The highest BCUT2D eigenvalue weighted by Gasteiger charge is 2.25. The minimum absolute atomic E-state index is 0.0267. The molecular weight excluding hydrogens is 430 g/mol. The van der Waals surface area contributed by atoms with Crippen LogP contribution in [0.5, 0.6) is 0 Å². The molecule has 2 aliphatic rings. The van der Waals surface area contributed by atoms with Crippen LogP contribution in [0.3, 0.4) is 0 Å². The molecule has 34 heavy (non-hydrogen) atoms. The van der Waals surface area contributed by atoms with Crippen LogP contribution in [0, 0.1) is 0 Å². The van der Waals surface area contributed by atoms with E-state index in [0.29, 0.717) is 24.2 Å². The lowest BCUT2D eigenvalue weighted by atomic mass is 9.92. The van der Waals surface area contributed by atoms with Crippen LogP contribution in [0.25, 0.3) is 11.6 Å². The first-order valence-electron chi connectivity index (χ1n) is 12.1. The summed E-state index contributed by atoms with van der Waals surface area (Å²) in [5.41, 5.74) is 5.10. The van der Waals surface area contributed by atoms with Crippen molar-refractivity contribution in [2.24, 2.45) is 16.2 Å². The van der Waals surface area contributed by atoms with E-state index in [4.69, 9.17) is 10.6 Å². The molecule has 0 saturated heterocycles. The van der Waals surface area contributed by atoms with E-state index in [0.717, 1.165) is 61.2 Å². The largest absolute Gasteiger partial charge is 0.462 e. The summed E-state index contributed by atoms with van der Waals surface area (Å²) in [6.07, 6.45) is 9.12. The summed E-state index contributed by atoms with van der Waals surface area (Å²) in [5.74, 6) is 5.09. The summed E-state index contributed by atoms with van der Waals surface area (Å²) in [6, 6.07) is 6.06. The molecule has 0 spiro atoms. The Balaban J connectivity index is 1.95. The lowest BCUT2D eigenvalue weighted by molar-refractivity contribution is -0.138. The number of ether oxygens (including phenoxy) is 1. The monoisotopic (exact) mass is 465 g/mol. The number of fused-ring (bicyclic) bond motifs is 1. The first-order chi connectivity index (χ1) is 16.5. The number of benzene rings is 1. The average Bonchev–Trinajstić information content (AvgIpc) is 3.02. The van der Waals surface area contributed by atoms with Gasteiger partial charge in [-0.25, -0.2) is 4.79 Å². The molecule has 3 N–H and O–H groups in total. The fourth-order valence-electron chi connectivity index (χ4n) is 4.34. The standard InChI is InChI=1S/C26H35N5O3/c1-4-12-31(13-5-2)25(32)22-15-20-11-10-19(16-23(20)28-24(17-22)29-30-27)18-8-7-9-21(14-18)26(33)34-6-3/h9-11,14-16,24,28H,4-8,12-13,17H2,1-3H3,(H2,27,29). The maximum Gasteiger partial charge on any atom is 0.337 e. The van der Waals surface area contributed by atoms with E-state index < -0.39 is 6.17 Å². The normalized spacial score (nSPS) is 17.6. The van der Waals surface area contributed by atoms with E-state index in [9.17, 15) is 9.59 Å². The maximum atomic E-state index is 13.3. The van der Waals surface area contributed by atoms with Crippen molar-refractivity contribution in [3.8, 4) is 0 Å². The number of anilines is 1. The zero-order valence-electron chi connectivity index (χ0n) is 20.3. The van der Waals surface area contributed by atoms with Crippen LogP contribution in [0.15, 0.2) is 51.8 Å². The number of hydrogen-bond donors (Lipinski definition) is 2. The van der Waals surface area contributed by atoms with Crippen LogP contribution < -0.4 is 11.2 Å². The minimum Gasteiger partial charge on any atom is -0.462 e. The number of nitrogens with two attached hydrogens (primary N) is 1. The molecule has 8 nitrogen and oxygen atoms in total. The number of nitrogens with zero attached hydrogens (tertiary/aromatic N) is 3. The van der Waals surface area contributed by atoms with Crippen LogP contribution >= 0.6 is 0 Å². The number of carbonyl (C=O) groups excluding carboxylic acids is 2. The molecule has 0 radical (unpaired) electrons. The number of esters is 1. The molecule has 0 bridgehead atoms. The third-order valence-corrected chi connectivity index (χ3v) is 5.86. The second kappa shape index (κ2) is 12.2. The summed E-state index contributed by atoms with van der Waals surface area (Å²) in [7, 11) is 0. The number of rotatable bonds is 9. The van der Waals surface area contributed by atoms with Crippen molar-refractivity contribution < 1.29 is 14.3 Å². The van der Waals surface area contributed by atoms with Crippen molar-refractivity contribution >= 4 is 29.2 Å². The Morgan fingerprint density at radius 1 is 1.18 bits per heavy atom. The molecule has 1 aromatic carbocycles. The molecule has 1 heterocycles. The van der Waals surface area contributed by atoms with Gasteiger partial charge in [-0.1, -0.05) is 37.3 Å². The highest BCUT2D eigenvalue weighted by Crippen LogP contribution is 2.33. The van der Waals surface area contributed by atoms with E-state index in [1.54, 1.807) is 6.92 Å². The Morgan fingerprint density at radius 3 is 2.62 bits per heavy atom. The van der Waals surface area contributed by atoms with Gasteiger partial charge in [-0.05, 0) is 67.5 Å². The van der Waals surface area contributed by atoms with E-state index >= 15 is 0 Å². The topological polar surface area (TPSA) is 109 Å². The third kappa shape index (κ3) is 6.12. The van der Waals surface area contributed by atoms with Gasteiger partial charge in [0.15, 0.2) is 0 Å². The highest BCUT2D eigenvalue weighted by molar-refractivity contribution is 5.99. The predicted octanol–water partition coefficient (Wildman–Crippen LogP) is 4.85. The van der Waals surface area contributed by atoms with Gasteiger partial charge in [0, 0.05) is 30.8 Å². The molecule has 1 amide bonds. The first-order valence-corrected chi connectivity index (χ1v) is 12.1. The fraction of sp³-hybridized carbons (Fsp3) is 0.462. The molecule has 1 atom stereocenters. The van der Waals surface area contributed by atoms with Crippen LogP contribution in [0.1, 0.15) is 64.0 Å². The predicted molar refractivity (Wildman–Crippen MR) is 135 cm³/mol. The average molecular weight is 466 g/mol. The van der Waals surface area contributed by atoms with Crippen molar-refractivity contribution in [1.29, 1.82) is 0 Å². The van der Waals surface area contributed by atoms with Gasteiger partial charge in [-0.3, -0.25) is 4.79 Å². The fourth-order valence-corrected chi connectivity index (χ4v) is 4.34. The number of nitrogens with one attached hydrogen (secondary N) is 1. The number of hydrogen-bond acceptors (Lipinski definition) is 6. The smallest absolute Gasteiger partial charge is 0.337 e. The Hall–Kier alpha value is -3.42. The van der Waals surface area contributed by atoms with Crippen LogP contribution in [-0.2, 0) is 14.3 Å². The molecule has 8 heteroatoms. The summed E-state index contributed by atoms with van der Waals surface area (Å²) in [5, 5.41) is 11.0. The van der Waals surface area contributed by atoms with E-state index in [-0.39, 0.29) is 11.9 Å². The Morgan fingerprint density at radius 2 is 1.94 bits per heavy atom. The summed E-state index contributed by atoms with van der Waals surface area (Å²) < 4.78 is 5.16. The number of allylic oxidation sites excluding steroid dienone is 2. The molecule has 0 saturated carbocycles. The minimum atomic E-state index is -0.447. The van der Waals surface area contributed by atoms with Crippen molar-refractivity contribution in [1.82, 2.24) is 4.90 Å². The number of amides is 1. The van der Waals surface area contributed by atoms with Crippen molar-refractivity contribution in [2.45, 2.75) is 59.0 Å². The molecule has 0 aromatic heterocycles. The summed E-state index contributed by atoms with van der Waals surface area (Å²) in [6.45, 7) is 7.73. The Kier molecular flexibility index (Phi) is 9.01. The third-order valence-electron chi connectivity index (χ3n) is 5.86. The van der Waals surface area contributed by atoms with Gasteiger partial charge in [0.1, 0.15) is 6.17 Å². The van der Waals surface area contributed by atoms with Crippen molar-refractivity contribution in [2.75, 3.05) is 25.0 Å². The van der Waals surface area contributed by atoms with Crippen LogP contribution in [0.2, 0.25) is 0 Å². The zero-order chi connectivity index (χ0) is 24.5. The van der Waals surface area contributed by atoms with Gasteiger partial charge >= 0.3 is 5.97 Å². The van der Waals surface area contributed by atoms with Crippen molar-refractivity contribution in [3.63, 3.8) is 0 Å². The molecule has 182 valence electrons. The van der Waals surface area contributed by atoms with Gasteiger partial charge in [-0.15, -0.1) is 5.11 Å². The maximum absolute atomic E-state index is 13.3. The van der Waals surface area contributed by atoms with Gasteiger partial charge in [0.25, 0.3) is 0 Å². The Bertz CT molecular complexity index is 1020. The molecule has 1 aliphatic carbocycles. The Labute approximate surface area is 201 Å². The lowest BCUT2D eigenvalue weighted by Gasteiger charge is -2.23. The quantitative estimate of drug-likeness (QED) is 0.234. The molecular formula is C26H35N5O3. The SMILES string of the molecule is CCCN(CCC)C(=O)C1=Cc2ccc(C3=CC(C(=O)OCC)=CCC3)cc2NC(N=NN)C1. The van der Waals surface area contributed by atoms with E-state index in [1.165, 1.54) is 0 Å². The van der Waals surface area contributed by atoms with Gasteiger partial charge in [0.05, 0.1) is 12.2 Å². The molecule has 1 aliphatic heterocycles.